The van der Waals surface area contributed by atoms with E-state index in [2.05, 4.69) is 23.6 Å². The van der Waals surface area contributed by atoms with Gasteiger partial charge in [0.15, 0.2) is 0 Å². The minimum absolute atomic E-state index is 0.536. The molecule has 0 radical (unpaired) electrons. The first kappa shape index (κ1) is 32.2. The van der Waals surface area contributed by atoms with Crippen LogP contribution in [0.2, 0.25) is 0 Å². The van der Waals surface area contributed by atoms with E-state index < -0.39 is 13.4 Å². The number of nitrogens with two attached hydrogens (primary N) is 1. The molecule has 3 rings (SSSR count). The Bertz CT molecular complexity index is 363. The summed E-state index contributed by atoms with van der Waals surface area (Å²) in [7, 11) is 0. The molecule has 3 fully saturated rings. The average Bonchev–Trinajstić information content (AvgIpc) is 2.64. The summed E-state index contributed by atoms with van der Waals surface area (Å²) in [5, 5.41) is 0. The first-order valence-electron chi connectivity index (χ1n) is 10.7. The smallest absolute Gasteiger partial charge is 0.319 e. The van der Waals surface area contributed by atoms with Gasteiger partial charge in [0.1, 0.15) is 0 Å². The van der Waals surface area contributed by atoms with Gasteiger partial charge in [-0.1, -0.05) is 96.3 Å². The molecule has 3 saturated carbocycles. The Hall–Kier alpha value is 1.02. The molecule has 0 aromatic rings. The maximum Gasteiger partial charge on any atom is 0.319 e. The van der Waals surface area contributed by atoms with E-state index in [0.29, 0.717) is 6.04 Å². The zero-order valence-electron chi connectivity index (χ0n) is 17.6. The molecule has 11 heteroatoms. The van der Waals surface area contributed by atoms with Crippen LogP contribution < -0.4 is 5.73 Å². The second-order valence-corrected chi connectivity index (χ2v) is 12.7. The normalized spacial score (nSPS) is 20.1. The molecule has 0 amide bonds. The third-order valence-electron chi connectivity index (χ3n) is 4.65. The van der Waals surface area contributed by atoms with Gasteiger partial charge in [-0.3, -0.25) is 0 Å². The lowest BCUT2D eigenvalue weighted by Crippen LogP contribution is -2.22. The van der Waals surface area contributed by atoms with Crippen LogP contribution in [-0.2, 0) is 23.6 Å². The first-order valence-corrected chi connectivity index (χ1v) is 16.0. The summed E-state index contributed by atoms with van der Waals surface area (Å²) in [5.41, 5.74) is 5.63. The molecule has 29 heavy (non-hydrogen) atoms. The average molecular weight is 496 g/mol. The molecule has 178 valence electrons. The third kappa shape index (κ3) is 48.0. The van der Waals surface area contributed by atoms with E-state index in [1.54, 1.807) is 0 Å². The van der Waals surface area contributed by atoms with Gasteiger partial charge in [-0.2, -0.15) is 0 Å². The van der Waals surface area contributed by atoms with Crippen molar-refractivity contribution in [3.8, 4) is 0 Å². The highest BCUT2D eigenvalue weighted by Crippen LogP contribution is 2.27. The summed E-state index contributed by atoms with van der Waals surface area (Å²) in [6.07, 6.45) is 24.7. The van der Waals surface area contributed by atoms with Crippen molar-refractivity contribution < 1.29 is 29.4 Å². The van der Waals surface area contributed by atoms with Gasteiger partial charge in [0.25, 0.3) is 0 Å². The van der Waals surface area contributed by atoms with Crippen LogP contribution in [0, 0.1) is 0 Å². The van der Waals surface area contributed by atoms with Crippen molar-refractivity contribution in [3.05, 3.63) is 0 Å². The maximum absolute atomic E-state index is 7.56. The van der Waals surface area contributed by atoms with Gasteiger partial charge in [-0.25, -0.2) is 0 Å². The molecule has 0 heterocycles. The summed E-state index contributed by atoms with van der Waals surface area (Å²) in [4.78, 5) is 45.3. The number of hydrogen-bond acceptors (Lipinski definition) is 3. The standard InChI is InChI=1S/C6H13N.2C6H12.2H3O3PS/c7-6-4-2-1-3-5-6;2*1-2-4-6-5-3-1;2*1-4(2,3)5/h6H,1-5,7H2;2*1-6H2;2*(H3,1,2,3,5). The van der Waals surface area contributed by atoms with Gasteiger partial charge < -0.3 is 35.1 Å². The second kappa shape index (κ2) is 20.9. The molecule has 3 aliphatic carbocycles. The molecule has 0 atom stereocenters. The fraction of sp³-hybridized carbons (Fsp3) is 1.00. The Labute approximate surface area is 187 Å². The van der Waals surface area contributed by atoms with Crippen molar-refractivity contribution in [2.24, 2.45) is 5.73 Å². The molecule has 8 N–H and O–H groups in total. The predicted molar refractivity (Wildman–Crippen MR) is 128 cm³/mol. The van der Waals surface area contributed by atoms with Crippen LogP contribution >= 0.6 is 13.4 Å². The van der Waals surface area contributed by atoms with Crippen molar-refractivity contribution in [2.45, 2.75) is 115 Å². The molecule has 0 aromatic carbocycles. The first-order chi connectivity index (χ1) is 13.4. The van der Waals surface area contributed by atoms with Crippen molar-refractivity contribution in [3.63, 3.8) is 0 Å². The zero-order chi connectivity index (χ0) is 22.6. The van der Waals surface area contributed by atoms with Gasteiger partial charge in [-0.15, -0.1) is 0 Å². The predicted octanol–water partition coefficient (Wildman–Crippen LogP) is 4.33. The van der Waals surface area contributed by atoms with E-state index in [-0.39, 0.29) is 0 Å². The van der Waals surface area contributed by atoms with E-state index in [1.807, 2.05) is 0 Å². The highest BCUT2D eigenvalue weighted by Gasteiger charge is 2.06. The minimum Gasteiger partial charge on any atom is -0.328 e. The third-order valence-corrected chi connectivity index (χ3v) is 4.65. The lowest BCUT2D eigenvalue weighted by molar-refractivity contribution is 0.361. The summed E-state index contributed by atoms with van der Waals surface area (Å²) in [6.45, 7) is -7.61. The van der Waals surface area contributed by atoms with Crippen molar-refractivity contribution in [1.29, 1.82) is 0 Å². The highest BCUT2D eigenvalue weighted by atomic mass is 32.5. The van der Waals surface area contributed by atoms with Gasteiger partial charge >= 0.3 is 13.4 Å². The Morgan fingerprint density at radius 2 is 0.586 bits per heavy atom. The Morgan fingerprint density at radius 3 is 0.690 bits per heavy atom. The van der Waals surface area contributed by atoms with E-state index in [9.17, 15) is 0 Å². The van der Waals surface area contributed by atoms with Gasteiger partial charge in [0, 0.05) is 6.04 Å². The summed E-state index contributed by atoms with van der Waals surface area (Å²) < 4.78 is 0. The maximum atomic E-state index is 7.56. The molecular formula is C18H43NO6P2S2. The van der Waals surface area contributed by atoms with Crippen LogP contribution in [-0.4, -0.2) is 35.4 Å². The van der Waals surface area contributed by atoms with Crippen molar-refractivity contribution in [1.82, 2.24) is 0 Å². The Kier molecular flexibility index (Phi) is 23.2. The van der Waals surface area contributed by atoms with Crippen molar-refractivity contribution in [2.75, 3.05) is 0 Å². The van der Waals surface area contributed by atoms with Gasteiger partial charge in [0.2, 0.25) is 0 Å². The van der Waals surface area contributed by atoms with Crippen molar-refractivity contribution >= 4 is 37.1 Å². The fourth-order valence-corrected chi connectivity index (χ4v) is 3.26. The summed E-state index contributed by atoms with van der Waals surface area (Å²) in [6, 6.07) is 0.536. The molecule has 3 aliphatic rings. The van der Waals surface area contributed by atoms with Crippen LogP contribution in [0.5, 0.6) is 0 Å². The largest absolute Gasteiger partial charge is 0.328 e. The lowest BCUT2D eigenvalue weighted by Gasteiger charge is -2.15. The van der Waals surface area contributed by atoms with Gasteiger partial charge in [-0.05, 0) is 36.5 Å². The van der Waals surface area contributed by atoms with Gasteiger partial charge in [0.05, 0.1) is 0 Å². The molecule has 0 bridgehead atoms. The Morgan fingerprint density at radius 1 is 0.448 bits per heavy atom. The summed E-state index contributed by atoms with van der Waals surface area (Å²) in [5.74, 6) is 0. The quantitative estimate of drug-likeness (QED) is 0.244. The summed E-state index contributed by atoms with van der Waals surface area (Å²) >= 11 is 7.21. The van der Waals surface area contributed by atoms with Crippen LogP contribution in [0.15, 0.2) is 0 Å². The molecule has 0 aliphatic heterocycles. The molecule has 0 spiro atoms. The molecule has 7 nitrogen and oxygen atoms in total. The number of hydrogen-bond donors (Lipinski definition) is 7. The molecule has 0 unspecified atom stereocenters. The van der Waals surface area contributed by atoms with E-state index >= 15 is 0 Å². The van der Waals surface area contributed by atoms with Crippen LogP contribution in [0.3, 0.4) is 0 Å². The van der Waals surface area contributed by atoms with Crippen LogP contribution in [0.25, 0.3) is 0 Å². The molecule has 0 saturated heterocycles. The van der Waals surface area contributed by atoms with Crippen LogP contribution in [0.1, 0.15) is 109 Å². The number of rotatable bonds is 0. The van der Waals surface area contributed by atoms with Crippen LogP contribution in [0.4, 0.5) is 0 Å². The fourth-order valence-electron chi connectivity index (χ4n) is 3.26. The lowest BCUT2D eigenvalue weighted by atomic mass is 9.97. The molecular weight excluding hydrogens is 452 g/mol. The SMILES string of the molecule is C1CCCCC1.C1CCCCC1.NC1CCCCC1.OP(O)(O)=S.OP(O)(O)=S. The van der Waals surface area contributed by atoms with E-state index in [0.717, 1.165) is 0 Å². The monoisotopic (exact) mass is 495 g/mol. The topological polar surface area (TPSA) is 147 Å². The second-order valence-electron chi connectivity index (χ2n) is 7.67. The van der Waals surface area contributed by atoms with E-state index in [4.69, 9.17) is 35.1 Å². The highest BCUT2D eigenvalue weighted by molar-refractivity contribution is 8.06. The zero-order valence-corrected chi connectivity index (χ0v) is 21.0. The Balaban J connectivity index is 0. The minimum atomic E-state index is -3.81. The van der Waals surface area contributed by atoms with E-state index in [1.165, 1.54) is 109 Å². The molecule has 0 aromatic heterocycles.